The lowest BCUT2D eigenvalue weighted by Gasteiger charge is -2.25. The molecule has 0 saturated heterocycles. The molecule has 0 spiro atoms. The van der Waals surface area contributed by atoms with E-state index in [-0.39, 0.29) is 12.6 Å². The Balaban J connectivity index is 3.54. The van der Waals surface area contributed by atoms with E-state index in [9.17, 15) is 0 Å². The first-order chi connectivity index (χ1) is 6.11. The van der Waals surface area contributed by atoms with Crippen LogP contribution < -0.4 is 5.73 Å². The molecule has 0 aromatic carbocycles. The SMILES string of the molecule is CCCC(C)N(C)CCC(N)CO. The quantitative estimate of drug-likeness (QED) is 0.622. The highest BCUT2D eigenvalue weighted by molar-refractivity contribution is 4.66. The van der Waals surface area contributed by atoms with Gasteiger partial charge in [-0.2, -0.15) is 0 Å². The van der Waals surface area contributed by atoms with E-state index in [4.69, 9.17) is 10.8 Å². The molecule has 3 heteroatoms. The molecule has 0 saturated carbocycles. The number of nitrogens with zero attached hydrogens (tertiary/aromatic N) is 1. The van der Waals surface area contributed by atoms with Crippen molar-refractivity contribution in [3.05, 3.63) is 0 Å². The highest BCUT2D eigenvalue weighted by Crippen LogP contribution is 2.04. The van der Waals surface area contributed by atoms with Gasteiger partial charge in [-0.25, -0.2) is 0 Å². The van der Waals surface area contributed by atoms with Gasteiger partial charge in [0, 0.05) is 12.1 Å². The summed E-state index contributed by atoms with van der Waals surface area (Å²) in [6.45, 7) is 5.50. The summed E-state index contributed by atoms with van der Waals surface area (Å²) < 4.78 is 0. The molecule has 0 fully saturated rings. The minimum absolute atomic E-state index is 0.0590. The summed E-state index contributed by atoms with van der Waals surface area (Å²) in [5, 5.41) is 8.75. The zero-order valence-corrected chi connectivity index (χ0v) is 9.16. The van der Waals surface area contributed by atoms with Crippen molar-refractivity contribution in [1.82, 2.24) is 4.90 Å². The lowest BCUT2D eigenvalue weighted by Crippen LogP contribution is -2.35. The Morgan fingerprint density at radius 1 is 1.38 bits per heavy atom. The van der Waals surface area contributed by atoms with Gasteiger partial charge >= 0.3 is 0 Å². The molecule has 0 heterocycles. The molecule has 0 bridgehead atoms. The molecule has 0 aliphatic carbocycles. The van der Waals surface area contributed by atoms with Crippen LogP contribution in [0.25, 0.3) is 0 Å². The van der Waals surface area contributed by atoms with Crippen molar-refractivity contribution in [3.8, 4) is 0 Å². The van der Waals surface area contributed by atoms with E-state index in [1.165, 1.54) is 12.8 Å². The average molecular weight is 188 g/mol. The lowest BCUT2D eigenvalue weighted by atomic mass is 10.1. The fraction of sp³-hybridized carbons (Fsp3) is 1.00. The predicted octanol–water partition coefficient (Wildman–Crippen LogP) is 0.816. The van der Waals surface area contributed by atoms with E-state index < -0.39 is 0 Å². The van der Waals surface area contributed by atoms with Crippen LogP contribution in [0.15, 0.2) is 0 Å². The van der Waals surface area contributed by atoms with E-state index in [1.54, 1.807) is 0 Å². The Kier molecular flexibility index (Phi) is 7.23. The second-order valence-electron chi connectivity index (χ2n) is 3.85. The van der Waals surface area contributed by atoms with Gasteiger partial charge in [0.1, 0.15) is 0 Å². The van der Waals surface area contributed by atoms with Crippen LogP contribution in [-0.4, -0.2) is 42.3 Å². The second-order valence-corrected chi connectivity index (χ2v) is 3.85. The monoisotopic (exact) mass is 188 g/mol. The summed E-state index contributed by atoms with van der Waals surface area (Å²) in [6.07, 6.45) is 3.32. The molecule has 0 aliphatic heterocycles. The van der Waals surface area contributed by atoms with Crippen LogP contribution in [0.5, 0.6) is 0 Å². The van der Waals surface area contributed by atoms with Crippen LogP contribution in [0.1, 0.15) is 33.1 Å². The van der Waals surface area contributed by atoms with E-state index in [0.717, 1.165) is 13.0 Å². The van der Waals surface area contributed by atoms with Crippen LogP contribution in [-0.2, 0) is 0 Å². The third-order valence-corrected chi connectivity index (χ3v) is 2.55. The van der Waals surface area contributed by atoms with Crippen LogP contribution >= 0.6 is 0 Å². The molecule has 3 nitrogen and oxygen atoms in total. The summed E-state index contributed by atoms with van der Waals surface area (Å²) in [6, 6.07) is 0.562. The maximum atomic E-state index is 8.75. The van der Waals surface area contributed by atoms with Crippen molar-refractivity contribution >= 4 is 0 Å². The van der Waals surface area contributed by atoms with Crippen molar-refractivity contribution in [3.63, 3.8) is 0 Å². The summed E-state index contributed by atoms with van der Waals surface area (Å²) in [5.74, 6) is 0. The third-order valence-electron chi connectivity index (χ3n) is 2.55. The summed E-state index contributed by atoms with van der Waals surface area (Å²) >= 11 is 0. The fourth-order valence-electron chi connectivity index (χ4n) is 1.32. The van der Waals surface area contributed by atoms with Gasteiger partial charge in [-0.15, -0.1) is 0 Å². The standard InChI is InChI=1S/C10H24N2O/c1-4-5-9(2)12(3)7-6-10(11)8-13/h9-10,13H,4-8,11H2,1-3H3. The molecule has 0 rings (SSSR count). The number of aliphatic hydroxyl groups is 1. The van der Waals surface area contributed by atoms with Gasteiger partial charge < -0.3 is 15.7 Å². The smallest absolute Gasteiger partial charge is 0.0583 e. The minimum atomic E-state index is -0.0590. The highest BCUT2D eigenvalue weighted by atomic mass is 16.3. The number of hydrogen-bond acceptors (Lipinski definition) is 3. The van der Waals surface area contributed by atoms with Gasteiger partial charge in [-0.05, 0) is 33.4 Å². The second kappa shape index (κ2) is 7.30. The maximum absolute atomic E-state index is 8.75. The first kappa shape index (κ1) is 12.9. The molecule has 0 radical (unpaired) electrons. The first-order valence-corrected chi connectivity index (χ1v) is 5.18. The first-order valence-electron chi connectivity index (χ1n) is 5.18. The summed E-state index contributed by atoms with van der Waals surface area (Å²) in [5.41, 5.74) is 5.62. The Hall–Kier alpha value is -0.120. The molecular formula is C10H24N2O. The molecule has 2 atom stereocenters. The number of nitrogens with two attached hydrogens (primary N) is 1. The Bertz CT molecular complexity index is 119. The van der Waals surface area contributed by atoms with Crippen LogP contribution in [0.3, 0.4) is 0 Å². The minimum Gasteiger partial charge on any atom is -0.395 e. The predicted molar refractivity (Wildman–Crippen MR) is 56.7 cm³/mol. The van der Waals surface area contributed by atoms with Gasteiger partial charge in [-0.1, -0.05) is 13.3 Å². The Labute approximate surface area is 81.9 Å². The van der Waals surface area contributed by atoms with Gasteiger partial charge in [0.2, 0.25) is 0 Å². The van der Waals surface area contributed by atoms with Gasteiger partial charge in [0.25, 0.3) is 0 Å². The zero-order chi connectivity index (χ0) is 10.3. The van der Waals surface area contributed by atoms with Crippen molar-refractivity contribution in [2.24, 2.45) is 5.73 Å². The largest absolute Gasteiger partial charge is 0.395 e. The number of rotatable bonds is 7. The average Bonchev–Trinajstić information content (AvgIpc) is 2.13. The molecule has 0 aromatic rings. The van der Waals surface area contributed by atoms with Gasteiger partial charge in [0.05, 0.1) is 6.61 Å². The molecular weight excluding hydrogens is 164 g/mol. The third kappa shape index (κ3) is 6.02. The summed E-state index contributed by atoms with van der Waals surface area (Å²) in [7, 11) is 2.12. The molecule has 3 N–H and O–H groups in total. The molecule has 0 aliphatic rings. The van der Waals surface area contributed by atoms with Crippen molar-refractivity contribution in [1.29, 1.82) is 0 Å². The zero-order valence-electron chi connectivity index (χ0n) is 9.16. The van der Waals surface area contributed by atoms with Crippen LogP contribution in [0.4, 0.5) is 0 Å². The van der Waals surface area contributed by atoms with E-state index >= 15 is 0 Å². The van der Waals surface area contributed by atoms with E-state index in [2.05, 4.69) is 25.8 Å². The molecule has 13 heavy (non-hydrogen) atoms. The summed E-state index contributed by atoms with van der Waals surface area (Å²) in [4.78, 5) is 2.30. The molecule has 0 amide bonds. The lowest BCUT2D eigenvalue weighted by molar-refractivity contribution is 0.210. The molecule has 80 valence electrons. The molecule has 0 aromatic heterocycles. The number of aliphatic hydroxyl groups excluding tert-OH is 1. The topological polar surface area (TPSA) is 49.5 Å². The normalized spacial score (nSPS) is 16.2. The fourth-order valence-corrected chi connectivity index (χ4v) is 1.32. The highest BCUT2D eigenvalue weighted by Gasteiger charge is 2.09. The Morgan fingerprint density at radius 2 is 2.00 bits per heavy atom. The van der Waals surface area contributed by atoms with Crippen LogP contribution in [0, 0.1) is 0 Å². The van der Waals surface area contributed by atoms with E-state index in [0.29, 0.717) is 6.04 Å². The van der Waals surface area contributed by atoms with E-state index in [1.807, 2.05) is 0 Å². The van der Waals surface area contributed by atoms with Crippen molar-refractivity contribution in [2.45, 2.75) is 45.2 Å². The van der Waals surface area contributed by atoms with Crippen molar-refractivity contribution < 1.29 is 5.11 Å². The maximum Gasteiger partial charge on any atom is 0.0583 e. The van der Waals surface area contributed by atoms with Gasteiger partial charge in [0.15, 0.2) is 0 Å². The Morgan fingerprint density at radius 3 is 2.46 bits per heavy atom. The van der Waals surface area contributed by atoms with Gasteiger partial charge in [-0.3, -0.25) is 0 Å². The van der Waals surface area contributed by atoms with Crippen molar-refractivity contribution in [2.75, 3.05) is 20.2 Å². The molecule has 2 unspecified atom stereocenters. The van der Waals surface area contributed by atoms with Crippen LogP contribution in [0.2, 0.25) is 0 Å². The number of hydrogen-bond donors (Lipinski definition) is 2.